The lowest BCUT2D eigenvalue weighted by Crippen LogP contribution is -1.73. The van der Waals surface area contributed by atoms with Gasteiger partial charge >= 0.3 is 0 Å². The standard InChI is InChI=1S/C9H5N2/c1-2-7-3-4-8-9(5-7)11-6-10-8/h1,3-5H,(H,10,11). The SMILES string of the molecule is C#Cc1ccc2n[c][nH]c2c1. The lowest BCUT2D eigenvalue weighted by Gasteiger charge is -1.88. The van der Waals surface area contributed by atoms with E-state index in [2.05, 4.69) is 22.2 Å². The van der Waals surface area contributed by atoms with Crippen molar-refractivity contribution in [2.45, 2.75) is 0 Å². The zero-order valence-corrected chi connectivity index (χ0v) is 5.76. The lowest BCUT2D eigenvalue weighted by molar-refractivity contribution is 1.32. The highest BCUT2D eigenvalue weighted by molar-refractivity contribution is 5.75. The molecule has 51 valence electrons. The fourth-order valence-electron chi connectivity index (χ4n) is 0.972. The Morgan fingerprint density at radius 3 is 3.27 bits per heavy atom. The van der Waals surface area contributed by atoms with Crippen LogP contribution >= 0.6 is 0 Å². The smallest absolute Gasteiger partial charge is 0.174 e. The molecular formula is C9H5N2. The predicted octanol–water partition coefficient (Wildman–Crippen LogP) is 1.34. The van der Waals surface area contributed by atoms with Gasteiger partial charge in [0.1, 0.15) is 0 Å². The summed E-state index contributed by atoms with van der Waals surface area (Å²) in [5.41, 5.74) is 2.68. The first-order chi connectivity index (χ1) is 5.40. The molecule has 2 rings (SSSR count). The van der Waals surface area contributed by atoms with Gasteiger partial charge in [0.2, 0.25) is 0 Å². The summed E-state index contributed by atoms with van der Waals surface area (Å²) in [5.74, 6) is 2.55. The van der Waals surface area contributed by atoms with Crippen molar-refractivity contribution in [3.63, 3.8) is 0 Å². The molecule has 1 heterocycles. The fraction of sp³-hybridized carbons (Fsp3) is 0. The molecule has 2 nitrogen and oxygen atoms in total. The zero-order valence-electron chi connectivity index (χ0n) is 5.76. The van der Waals surface area contributed by atoms with Gasteiger partial charge in [-0.1, -0.05) is 5.92 Å². The Morgan fingerprint density at radius 1 is 1.55 bits per heavy atom. The van der Waals surface area contributed by atoms with Crippen molar-refractivity contribution in [1.82, 2.24) is 9.97 Å². The largest absolute Gasteiger partial charge is 0.335 e. The molecule has 0 spiro atoms. The molecule has 0 aliphatic heterocycles. The lowest BCUT2D eigenvalue weighted by atomic mass is 10.2. The number of aromatic nitrogens is 2. The minimum atomic E-state index is 0.857. The molecule has 2 heteroatoms. The van der Waals surface area contributed by atoms with Gasteiger partial charge in [-0.3, -0.25) is 0 Å². The summed E-state index contributed by atoms with van der Waals surface area (Å²) in [6.07, 6.45) is 7.86. The number of hydrogen-bond donors (Lipinski definition) is 1. The van der Waals surface area contributed by atoms with E-state index in [1.807, 2.05) is 18.2 Å². The molecule has 0 aliphatic rings. The second-order valence-electron chi connectivity index (χ2n) is 2.22. The van der Waals surface area contributed by atoms with Crippen LogP contribution in [0, 0.1) is 18.7 Å². The molecule has 2 aromatic rings. The van der Waals surface area contributed by atoms with Crippen LogP contribution < -0.4 is 0 Å². The van der Waals surface area contributed by atoms with Crippen LogP contribution in [0.3, 0.4) is 0 Å². The van der Waals surface area contributed by atoms with Crippen molar-refractivity contribution in [2.24, 2.45) is 0 Å². The Bertz CT molecular complexity index is 420. The number of H-pyrrole nitrogens is 1. The van der Waals surface area contributed by atoms with Gasteiger partial charge in [-0.2, -0.15) is 0 Å². The number of imidazole rings is 1. The third-order valence-corrected chi connectivity index (χ3v) is 1.53. The second-order valence-corrected chi connectivity index (χ2v) is 2.22. The summed E-state index contributed by atoms with van der Waals surface area (Å²) in [4.78, 5) is 6.81. The van der Waals surface area contributed by atoms with Crippen LogP contribution in [0.2, 0.25) is 0 Å². The molecule has 0 saturated carbocycles. The Hall–Kier alpha value is -1.75. The van der Waals surface area contributed by atoms with Crippen LogP contribution in [0.15, 0.2) is 18.2 Å². The maximum atomic E-state index is 5.22. The minimum Gasteiger partial charge on any atom is -0.335 e. The molecule has 0 bridgehead atoms. The van der Waals surface area contributed by atoms with Crippen LogP contribution in [-0.4, -0.2) is 9.97 Å². The first-order valence-electron chi connectivity index (χ1n) is 3.22. The van der Waals surface area contributed by atoms with Crippen LogP contribution in [0.5, 0.6) is 0 Å². The van der Waals surface area contributed by atoms with Crippen molar-refractivity contribution >= 4 is 11.0 Å². The molecule has 0 fully saturated rings. The van der Waals surface area contributed by atoms with Crippen LogP contribution in [-0.2, 0) is 0 Å². The Balaban J connectivity index is 2.79. The summed E-state index contributed by atoms with van der Waals surface area (Å²) >= 11 is 0. The minimum absolute atomic E-state index is 0.857. The molecule has 1 radical (unpaired) electrons. The highest BCUT2D eigenvalue weighted by Gasteiger charge is 1.94. The van der Waals surface area contributed by atoms with Crippen molar-refractivity contribution < 1.29 is 0 Å². The molecule has 1 aromatic carbocycles. The van der Waals surface area contributed by atoms with Crippen molar-refractivity contribution in [1.29, 1.82) is 0 Å². The first-order valence-corrected chi connectivity index (χ1v) is 3.22. The molecular weight excluding hydrogens is 136 g/mol. The quantitative estimate of drug-likeness (QED) is 0.551. The predicted molar refractivity (Wildman–Crippen MR) is 42.9 cm³/mol. The first kappa shape index (κ1) is 5.99. The molecule has 0 amide bonds. The summed E-state index contributed by atoms with van der Waals surface area (Å²) < 4.78 is 0. The van der Waals surface area contributed by atoms with Gasteiger partial charge in [0.15, 0.2) is 6.33 Å². The van der Waals surface area contributed by atoms with Crippen LogP contribution in [0.25, 0.3) is 11.0 Å². The summed E-state index contributed by atoms with van der Waals surface area (Å²) in [6, 6.07) is 5.60. The van der Waals surface area contributed by atoms with Gasteiger partial charge < -0.3 is 4.98 Å². The van der Waals surface area contributed by atoms with Crippen molar-refractivity contribution in [3.8, 4) is 12.3 Å². The monoisotopic (exact) mass is 141 g/mol. The van der Waals surface area contributed by atoms with Gasteiger partial charge in [-0.05, 0) is 18.2 Å². The van der Waals surface area contributed by atoms with Gasteiger partial charge in [0.05, 0.1) is 11.0 Å². The van der Waals surface area contributed by atoms with Gasteiger partial charge in [0, 0.05) is 5.56 Å². The molecule has 1 aromatic heterocycles. The summed E-state index contributed by atoms with van der Waals surface area (Å²) in [5, 5.41) is 0. The van der Waals surface area contributed by atoms with E-state index >= 15 is 0 Å². The Labute approximate surface area is 64.3 Å². The number of benzene rings is 1. The van der Waals surface area contributed by atoms with Crippen molar-refractivity contribution in [2.75, 3.05) is 0 Å². The van der Waals surface area contributed by atoms with E-state index in [1.54, 1.807) is 0 Å². The number of terminal acetylenes is 1. The Kier molecular flexibility index (Phi) is 1.16. The van der Waals surface area contributed by atoms with E-state index in [9.17, 15) is 0 Å². The number of hydrogen-bond acceptors (Lipinski definition) is 1. The van der Waals surface area contributed by atoms with E-state index in [0.29, 0.717) is 0 Å². The average Bonchev–Trinajstić information content (AvgIpc) is 2.50. The van der Waals surface area contributed by atoms with Crippen LogP contribution in [0.1, 0.15) is 5.56 Å². The van der Waals surface area contributed by atoms with E-state index in [1.165, 1.54) is 0 Å². The third kappa shape index (κ3) is 0.870. The molecule has 0 unspecified atom stereocenters. The van der Waals surface area contributed by atoms with E-state index in [-0.39, 0.29) is 0 Å². The summed E-state index contributed by atoms with van der Waals surface area (Å²) in [7, 11) is 0. The highest BCUT2D eigenvalue weighted by Crippen LogP contribution is 2.09. The zero-order chi connectivity index (χ0) is 7.68. The number of nitrogens with one attached hydrogen (secondary N) is 1. The maximum absolute atomic E-state index is 5.22. The third-order valence-electron chi connectivity index (χ3n) is 1.53. The van der Waals surface area contributed by atoms with E-state index in [4.69, 9.17) is 6.42 Å². The number of rotatable bonds is 0. The number of nitrogens with zero attached hydrogens (tertiary/aromatic N) is 1. The second kappa shape index (κ2) is 2.14. The molecule has 11 heavy (non-hydrogen) atoms. The number of aromatic amines is 1. The topological polar surface area (TPSA) is 28.7 Å². The maximum Gasteiger partial charge on any atom is 0.174 e. The van der Waals surface area contributed by atoms with Gasteiger partial charge in [-0.15, -0.1) is 6.42 Å². The van der Waals surface area contributed by atoms with Crippen molar-refractivity contribution in [3.05, 3.63) is 30.1 Å². The summed E-state index contributed by atoms with van der Waals surface area (Å²) in [6.45, 7) is 0. The number of fused-ring (bicyclic) bond motifs is 1. The van der Waals surface area contributed by atoms with Gasteiger partial charge in [0.25, 0.3) is 0 Å². The average molecular weight is 141 g/mol. The van der Waals surface area contributed by atoms with Crippen LogP contribution in [0.4, 0.5) is 0 Å². The van der Waals surface area contributed by atoms with E-state index < -0.39 is 0 Å². The highest BCUT2D eigenvalue weighted by atomic mass is 14.9. The van der Waals surface area contributed by atoms with E-state index in [0.717, 1.165) is 16.6 Å². The molecule has 1 N–H and O–H groups in total. The molecule has 0 saturated heterocycles. The normalized spacial score (nSPS) is 9.73. The van der Waals surface area contributed by atoms with Gasteiger partial charge in [-0.25, -0.2) is 4.98 Å². The fourth-order valence-corrected chi connectivity index (χ4v) is 0.972. The molecule has 0 atom stereocenters. The Morgan fingerprint density at radius 2 is 2.45 bits per heavy atom. The molecule has 0 aliphatic carbocycles.